The van der Waals surface area contributed by atoms with Crippen LogP contribution in [0.1, 0.15) is 0 Å². The maximum absolute atomic E-state index is 5.94. The van der Waals surface area contributed by atoms with Crippen LogP contribution in [-0.4, -0.2) is 19.9 Å². The Labute approximate surface area is 102 Å². The van der Waals surface area contributed by atoms with Crippen LogP contribution in [0.4, 0.5) is 5.69 Å². The fourth-order valence-electron chi connectivity index (χ4n) is 1.62. The molecule has 0 bridgehead atoms. The molecule has 2 aromatic heterocycles. The maximum atomic E-state index is 5.94. The first kappa shape index (κ1) is 10.0. The Morgan fingerprint density at radius 1 is 1.29 bits per heavy atom. The number of aromatic amines is 1. The summed E-state index contributed by atoms with van der Waals surface area (Å²) in [6.07, 6.45) is 3.12. The number of anilines is 1. The van der Waals surface area contributed by atoms with E-state index < -0.39 is 0 Å². The molecule has 3 rings (SSSR count). The number of nitrogens with zero attached hydrogens (tertiary/aromatic N) is 3. The van der Waals surface area contributed by atoms with E-state index >= 15 is 0 Å². The Hall–Kier alpha value is -2.14. The van der Waals surface area contributed by atoms with Crippen LogP contribution in [0.5, 0.6) is 0 Å². The van der Waals surface area contributed by atoms with Crippen LogP contribution in [-0.2, 0) is 0 Å². The van der Waals surface area contributed by atoms with Crippen molar-refractivity contribution in [1.82, 2.24) is 19.9 Å². The molecule has 0 saturated heterocycles. The van der Waals surface area contributed by atoms with Crippen molar-refractivity contribution in [3.63, 3.8) is 0 Å². The highest BCUT2D eigenvalue weighted by molar-refractivity contribution is 6.31. The van der Waals surface area contributed by atoms with Crippen molar-refractivity contribution >= 4 is 28.5 Å². The van der Waals surface area contributed by atoms with Gasteiger partial charge in [0.2, 0.25) is 0 Å². The molecule has 3 N–H and O–H groups in total. The Morgan fingerprint density at radius 2 is 2.18 bits per heavy atom. The molecule has 0 saturated carbocycles. The van der Waals surface area contributed by atoms with Crippen LogP contribution in [0, 0.1) is 0 Å². The molecule has 84 valence electrons. The van der Waals surface area contributed by atoms with Gasteiger partial charge < -0.3 is 10.7 Å². The van der Waals surface area contributed by atoms with Gasteiger partial charge in [0.05, 0.1) is 6.20 Å². The predicted molar refractivity (Wildman–Crippen MR) is 66.5 cm³/mol. The molecule has 0 aliphatic rings. The minimum atomic E-state index is 0.606. The topological polar surface area (TPSA) is 80.5 Å². The lowest BCUT2D eigenvalue weighted by atomic mass is 10.2. The van der Waals surface area contributed by atoms with Crippen LogP contribution in [0.2, 0.25) is 5.02 Å². The molecule has 0 fully saturated rings. The first-order valence-electron chi connectivity index (χ1n) is 4.95. The Morgan fingerprint density at radius 3 is 3.00 bits per heavy atom. The van der Waals surface area contributed by atoms with Gasteiger partial charge in [-0.15, -0.1) is 0 Å². The number of imidazole rings is 1. The summed E-state index contributed by atoms with van der Waals surface area (Å²) < 4.78 is 0. The van der Waals surface area contributed by atoms with Gasteiger partial charge in [0.25, 0.3) is 0 Å². The molecule has 1 aromatic carbocycles. The molecule has 2 heterocycles. The van der Waals surface area contributed by atoms with E-state index in [9.17, 15) is 0 Å². The number of halogens is 1. The zero-order valence-corrected chi connectivity index (χ0v) is 9.44. The summed E-state index contributed by atoms with van der Waals surface area (Å²) in [7, 11) is 0. The summed E-state index contributed by atoms with van der Waals surface area (Å²) >= 11 is 5.94. The van der Waals surface area contributed by atoms with E-state index in [1.165, 1.54) is 6.33 Å². The average Bonchev–Trinajstić information content (AvgIpc) is 2.75. The molecule has 5 nitrogen and oxygen atoms in total. The third kappa shape index (κ3) is 1.70. The van der Waals surface area contributed by atoms with Crippen LogP contribution in [0.15, 0.2) is 30.7 Å². The van der Waals surface area contributed by atoms with Gasteiger partial charge in [-0.2, -0.15) is 0 Å². The summed E-state index contributed by atoms with van der Waals surface area (Å²) in [6.45, 7) is 0. The zero-order chi connectivity index (χ0) is 11.8. The number of benzene rings is 1. The van der Waals surface area contributed by atoms with E-state index in [1.54, 1.807) is 24.4 Å². The number of hydrogen-bond donors (Lipinski definition) is 2. The SMILES string of the molecule is Nc1ccc(Cl)cc1-c1nc2ncncc2[nH]1. The number of nitrogens with one attached hydrogen (secondary N) is 1. The quantitative estimate of drug-likeness (QED) is 0.645. The number of rotatable bonds is 1. The second-order valence-electron chi connectivity index (χ2n) is 3.58. The molecular weight excluding hydrogens is 238 g/mol. The van der Waals surface area contributed by atoms with Gasteiger partial charge in [0.1, 0.15) is 17.7 Å². The standard InChI is InChI=1S/C11H8ClN5/c12-6-1-2-8(13)7(3-6)10-16-9-4-14-5-15-11(9)17-10/h1-5H,13H2,(H,14,15,16,17). The highest BCUT2D eigenvalue weighted by Gasteiger charge is 2.09. The number of nitrogen functional groups attached to an aromatic ring is 1. The summed E-state index contributed by atoms with van der Waals surface area (Å²) in [6, 6.07) is 5.25. The lowest BCUT2D eigenvalue weighted by molar-refractivity contribution is 1.20. The molecule has 17 heavy (non-hydrogen) atoms. The maximum Gasteiger partial charge on any atom is 0.181 e. The van der Waals surface area contributed by atoms with Crippen LogP contribution >= 0.6 is 11.6 Å². The molecule has 0 atom stereocenters. The van der Waals surface area contributed by atoms with Crippen molar-refractivity contribution in [3.8, 4) is 11.4 Å². The predicted octanol–water partition coefficient (Wildman–Crippen LogP) is 2.26. The molecule has 0 amide bonds. The van der Waals surface area contributed by atoms with Gasteiger partial charge in [-0.25, -0.2) is 15.0 Å². The summed E-state index contributed by atoms with van der Waals surface area (Å²) in [4.78, 5) is 15.4. The van der Waals surface area contributed by atoms with Crippen molar-refractivity contribution in [1.29, 1.82) is 0 Å². The Kier molecular flexibility index (Phi) is 2.19. The largest absolute Gasteiger partial charge is 0.398 e. The van der Waals surface area contributed by atoms with Crippen molar-refractivity contribution in [3.05, 3.63) is 35.7 Å². The number of nitrogens with two attached hydrogens (primary N) is 1. The average molecular weight is 246 g/mol. The molecule has 0 unspecified atom stereocenters. The molecule has 6 heteroatoms. The lowest BCUT2D eigenvalue weighted by Gasteiger charge is -2.02. The summed E-state index contributed by atoms with van der Waals surface area (Å²) in [5.74, 6) is 0.639. The van der Waals surface area contributed by atoms with Gasteiger partial charge in [-0.1, -0.05) is 11.6 Å². The molecule has 0 aliphatic carbocycles. The van der Waals surface area contributed by atoms with E-state index in [-0.39, 0.29) is 0 Å². The Balaban J connectivity index is 2.23. The fourth-order valence-corrected chi connectivity index (χ4v) is 1.80. The van der Waals surface area contributed by atoms with Crippen LogP contribution in [0.3, 0.4) is 0 Å². The second kappa shape index (κ2) is 3.71. The van der Waals surface area contributed by atoms with E-state index in [2.05, 4.69) is 19.9 Å². The normalized spacial score (nSPS) is 10.9. The first-order valence-corrected chi connectivity index (χ1v) is 5.33. The van der Waals surface area contributed by atoms with Crippen molar-refractivity contribution < 1.29 is 0 Å². The third-order valence-corrected chi connectivity index (χ3v) is 2.67. The van der Waals surface area contributed by atoms with Gasteiger partial charge in [-0.05, 0) is 18.2 Å². The molecular formula is C11H8ClN5. The number of hydrogen-bond acceptors (Lipinski definition) is 4. The lowest BCUT2D eigenvalue weighted by Crippen LogP contribution is -1.90. The minimum absolute atomic E-state index is 0.606. The molecule has 0 spiro atoms. The van der Waals surface area contributed by atoms with Crippen molar-refractivity contribution in [2.24, 2.45) is 0 Å². The van der Waals surface area contributed by atoms with Crippen molar-refractivity contribution in [2.75, 3.05) is 5.73 Å². The first-order chi connectivity index (χ1) is 8.24. The molecule has 0 aliphatic heterocycles. The summed E-state index contributed by atoms with van der Waals surface area (Å²) in [5, 5.41) is 0.612. The Bertz CT molecular complexity index is 658. The smallest absolute Gasteiger partial charge is 0.181 e. The monoisotopic (exact) mass is 245 g/mol. The highest BCUT2D eigenvalue weighted by Crippen LogP contribution is 2.27. The van der Waals surface area contributed by atoms with Gasteiger partial charge in [0, 0.05) is 16.3 Å². The number of fused-ring (bicyclic) bond motifs is 1. The molecule has 0 radical (unpaired) electrons. The van der Waals surface area contributed by atoms with Crippen LogP contribution < -0.4 is 5.73 Å². The van der Waals surface area contributed by atoms with Crippen molar-refractivity contribution in [2.45, 2.75) is 0 Å². The van der Waals surface area contributed by atoms with E-state index in [0.29, 0.717) is 22.2 Å². The van der Waals surface area contributed by atoms with Gasteiger partial charge in [-0.3, -0.25) is 0 Å². The van der Waals surface area contributed by atoms with E-state index in [4.69, 9.17) is 17.3 Å². The second-order valence-corrected chi connectivity index (χ2v) is 4.01. The minimum Gasteiger partial charge on any atom is -0.398 e. The van der Waals surface area contributed by atoms with Crippen LogP contribution in [0.25, 0.3) is 22.6 Å². The highest BCUT2D eigenvalue weighted by atomic mass is 35.5. The number of H-pyrrole nitrogens is 1. The summed E-state index contributed by atoms with van der Waals surface area (Å²) in [5.41, 5.74) is 8.63. The fraction of sp³-hybridized carbons (Fsp3) is 0. The van der Waals surface area contributed by atoms with E-state index in [0.717, 1.165) is 11.1 Å². The molecule has 3 aromatic rings. The van der Waals surface area contributed by atoms with Gasteiger partial charge >= 0.3 is 0 Å². The number of aromatic nitrogens is 4. The van der Waals surface area contributed by atoms with Gasteiger partial charge in [0.15, 0.2) is 5.65 Å². The third-order valence-electron chi connectivity index (χ3n) is 2.43. The van der Waals surface area contributed by atoms with E-state index in [1.807, 2.05) is 0 Å². The zero-order valence-electron chi connectivity index (χ0n) is 8.68.